The molecule has 0 aliphatic rings. The van der Waals surface area contributed by atoms with Gasteiger partial charge in [0, 0.05) is 0 Å². The van der Waals surface area contributed by atoms with E-state index in [1.165, 1.54) is 52.2 Å². The Morgan fingerprint density at radius 2 is 0.852 bits per heavy atom. The van der Waals surface area contributed by atoms with Gasteiger partial charge in [-0.25, -0.2) is 0 Å². The summed E-state index contributed by atoms with van der Waals surface area (Å²) in [5, 5.41) is 0. The molecule has 0 saturated carbocycles. The Morgan fingerprint density at radius 1 is 0.556 bits per heavy atom. The van der Waals surface area contributed by atoms with Gasteiger partial charge in [0.05, 0.1) is 6.15 Å². The van der Waals surface area contributed by atoms with Gasteiger partial charge in [-0.15, -0.1) is 0 Å². The van der Waals surface area contributed by atoms with Crippen molar-refractivity contribution in [1.82, 2.24) is 0 Å². The molecule has 27 heavy (non-hydrogen) atoms. The van der Waals surface area contributed by atoms with Crippen LogP contribution in [0.1, 0.15) is 36.5 Å². The van der Waals surface area contributed by atoms with Crippen LogP contribution in [0.3, 0.4) is 0 Å². The van der Waals surface area contributed by atoms with E-state index in [1.807, 2.05) is 0 Å². The minimum atomic E-state index is -0.957. The predicted molar refractivity (Wildman–Crippen MR) is 118 cm³/mol. The van der Waals surface area contributed by atoms with Crippen molar-refractivity contribution < 1.29 is 18.9 Å². The van der Waals surface area contributed by atoms with E-state index < -0.39 is 6.15 Å². The molecule has 0 unspecified atom stereocenters. The molecule has 134 valence electrons. The van der Waals surface area contributed by atoms with E-state index in [2.05, 4.69) is 100 Å². The number of unbranched alkanes of at least 4 members (excludes halogenated alkanes) is 1. The Kier molecular flexibility index (Phi) is 7.61. The monoisotopic (exact) mass is 348 g/mol. The average Bonchev–Trinajstić information content (AvgIpc) is 2.66. The van der Waals surface area contributed by atoms with Gasteiger partial charge in [-0.3, -0.25) is 0 Å². The summed E-state index contributed by atoms with van der Waals surface area (Å²) in [6, 6.07) is 27.7. The Bertz CT molecular complexity index is 722. The summed E-state index contributed by atoms with van der Waals surface area (Å²) >= 11 is 0. The van der Waals surface area contributed by atoms with E-state index in [0.29, 0.717) is 0 Å². The zero-order valence-corrected chi connectivity index (χ0v) is 17.6. The van der Waals surface area contributed by atoms with Gasteiger partial charge in [0.1, 0.15) is 0 Å². The fourth-order valence-electron chi connectivity index (χ4n) is 4.27. The second-order valence-corrected chi connectivity index (χ2v) is 7.92. The molecule has 3 aromatic carbocycles. The smallest absolute Gasteiger partial charge is 0.200 e. The summed E-state index contributed by atoms with van der Waals surface area (Å²) in [5.74, 6) is 0. The first kappa shape index (κ1) is 21.6. The first-order valence-electron chi connectivity index (χ1n) is 9.95. The van der Waals surface area contributed by atoms with E-state index in [9.17, 15) is 0 Å². The van der Waals surface area contributed by atoms with Gasteiger partial charge in [-0.1, -0.05) is 109 Å². The van der Waals surface area contributed by atoms with Crippen LogP contribution in [0, 0.1) is 20.8 Å². The van der Waals surface area contributed by atoms with Crippen molar-refractivity contribution in [2.75, 3.05) is 0 Å². The van der Waals surface area contributed by atoms with Crippen LogP contribution >= 0.6 is 0 Å². The molecule has 0 radical (unpaired) electrons. The van der Waals surface area contributed by atoms with Crippen LogP contribution in [0.4, 0.5) is 0 Å². The SMILES string of the molecule is CCCC[B-](c1ccc(C)cc1)(c1ccc(C)cc1)c1ccc(C)cc1.[Li+]. The Labute approximate surface area is 177 Å². The van der Waals surface area contributed by atoms with Gasteiger partial charge < -0.3 is 0 Å². The molecule has 0 fully saturated rings. The number of aryl methyl sites for hydroxylation is 3. The number of benzene rings is 3. The van der Waals surface area contributed by atoms with E-state index >= 15 is 0 Å². The standard InChI is InChI=1S/C25H30B.Li/c1-5-6-19-26(23-13-7-20(2)8-14-23,24-15-9-21(3)10-16-24)25-17-11-22(4)12-18-25;/h7-18H,5-6,19H2,1-4H3;/q-1;+1. The van der Waals surface area contributed by atoms with Crippen LogP contribution in [-0.2, 0) is 0 Å². The Balaban J connectivity index is 0.00000261. The third kappa shape index (κ3) is 4.60. The topological polar surface area (TPSA) is 0 Å². The van der Waals surface area contributed by atoms with Gasteiger partial charge in [0.25, 0.3) is 0 Å². The molecule has 0 aromatic heterocycles. The molecule has 3 rings (SSSR count). The first-order valence-corrected chi connectivity index (χ1v) is 9.95. The first-order chi connectivity index (χ1) is 12.6. The molecule has 0 atom stereocenters. The van der Waals surface area contributed by atoms with Crippen molar-refractivity contribution >= 4 is 22.5 Å². The van der Waals surface area contributed by atoms with E-state index in [4.69, 9.17) is 0 Å². The maximum atomic E-state index is 2.35. The molecule has 0 aliphatic carbocycles. The molecule has 0 heterocycles. The van der Waals surface area contributed by atoms with Crippen molar-refractivity contribution in [2.24, 2.45) is 0 Å². The average molecular weight is 348 g/mol. The zero-order valence-electron chi connectivity index (χ0n) is 17.6. The second kappa shape index (κ2) is 9.50. The minimum absolute atomic E-state index is 0. The van der Waals surface area contributed by atoms with E-state index in [-0.39, 0.29) is 18.9 Å². The van der Waals surface area contributed by atoms with Crippen molar-refractivity contribution in [3.8, 4) is 0 Å². The molecular formula is C25H30BLi. The van der Waals surface area contributed by atoms with Gasteiger partial charge in [-0.2, -0.15) is 22.7 Å². The molecule has 0 bridgehead atoms. The maximum absolute atomic E-state index is 2.35. The molecular weight excluding hydrogens is 318 g/mol. The van der Waals surface area contributed by atoms with Gasteiger partial charge >= 0.3 is 18.9 Å². The molecule has 0 amide bonds. The van der Waals surface area contributed by atoms with Crippen LogP contribution in [0.5, 0.6) is 0 Å². The Morgan fingerprint density at radius 3 is 1.11 bits per heavy atom. The molecule has 3 aromatic rings. The normalized spacial score (nSPS) is 11.1. The fourth-order valence-corrected chi connectivity index (χ4v) is 4.27. The fraction of sp³-hybridized carbons (Fsp3) is 0.280. The van der Waals surface area contributed by atoms with Crippen molar-refractivity contribution in [1.29, 1.82) is 0 Å². The van der Waals surface area contributed by atoms with Gasteiger partial charge in [0.2, 0.25) is 0 Å². The Hall–Kier alpha value is -1.68. The number of hydrogen-bond acceptors (Lipinski definition) is 0. The summed E-state index contributed by atoms with van der Waals surface area (Å²) in [6.45, 7) is 8.80. The van der Waals surface area contributed by atoms with Crippen LogP contribution in [-0.4, -0.2) is 6.15 Å². The van der Waals surface area contributed by atoms with Crippen LogP contribution in [0.15, 0.2) is 72.8 Å². The van der Waals surface area contributed by atoms with Crippen LogP contribution in [0.2, 0.25) is 6.32 Å². The molecule has 0 aliphatic heterocycles. The van der Waals surface area contributed by atoms with E-state index in [0.717, 1.165) is 0 Å². The summed E-state index contributed by atoms with van der Waals surface area (Å²) in [6.07, 6.45) is 2.68. The number of rotatable bonds is 6. The zero-order chi connectivity index (χ0) is 18.6. The summed E-state index contributed by atoms with van der Waals surface area (Å²) in [7, 11) is 0. The summed E-state index contributed by atoms with van der Waals surface area (Å²) in [5.41, 5.74) is 8.33. The van der Waals surface area contributed by atoms with Crippen molar-refractivity contribution in [2.45, 2.75) is 46.9 Å². The minimum Gasteiger partial charge on any atom is -0.200 e. The predicted octanol–water partition coefficient (Wildman–Crippen LogP) is 1.89. The molecule has 0 saturated heterocycles. The van der Waals surface area contributed by atoms with Gasteiger partial charge in [0.15, 0.2) is 0 Å². The quantitative estimate of drug-likeness (QED) is 0.597. The van der Waals surface area contributed by atoms with Crippen molar-refractivity contribution in [3.63, 3.8) is 0 Å². The van der Waals surface area contributed by atoms with Crippen molar-refractivity contribution in [3.05, 3.63) is 89.5 Å². The number of hydrogen-bond donors (Lipinski definition) is 0. The largest absolute Gasteiger partial charge is 1.00 e. The summed E-state index contributed by atoms with van der Waals surface area (Å²) < 4.78 is 0. The van der Waals surface area contributed by atoms with Crippen LogP contribution in [0.25, 0.3) is 0 Å². The summed E-state index contributed by atoms with van der Waals surface area (Å²) in [4.78, 5) is 0. The maximum Gasteiger partial charge on any atom is 1.00 e. The molecule has 2 heteroatoms. The van der Waals surface area contributed by atoms with E-state index in [1.54, 1.807) is 0 Å². The van der Waals surface area contributed by atoms with Gasteiger partial charge in [-0.05, 0) is 20.8 Å². The molecule has 0 N–H and O–H groups in total. The van der Waals surface area contributed by atoms with Crippen LogP contribution < -0.4 is 35.2 Å². The molecule has 0 spiro atoms. The third-order valence-corrected chi connectivity index (χ3v) is 5.93. The molecule has 0 nitrogen and oxygen atoms in total. The third-order valence-electron chi connectivity index (χ3n) is 5.93. The second-order valence-electron chi connectivity index (χ2n) is 7.92.